The number of nitrogens with zero attached hydrogens (tertiary/aromatic N) is 6. The summed E-state index contributed by atoms with van der Waals surface area (Å²) in [5.41, 5.74) is 5.69. The zero-order valence-electron chi connectivity index (χ0n) is 12.7. The summed E-state index contributed by atoms with van der Waals surface area (Å²) in [5, 5.41) is 15.0. The van der Waals surface area contributed by atoms with Gasteiger partial charge in [-0.1, -0.05) is 11.6 Å². The highest BCUT2D eigenvalue weighted by molar-refractivity contribution is 6.29. The van der Waals surface area contributed by atoms with E-state index in [1.165, 1.54) is 6.07 Å². The van der Waals surface area contributed by atoms with Crippen LogP contribution in [0.2, 0.25) is 5.15 Å². The predicted octanol–water partition coefficient (Wildman–Crippen LogP) is -0.0224. The van der Waals surface area contributed by atoms with Crippen LogP contribution in [0.4, 0.5) is 5.82 Å². The fourth-order valence-electron chi connectivity index (χ4n) is 2.55. The van der Waals surface area contributed by atoms with E-state index in [9.17, 15) is 4.79 Å². The number of amides is 1. The van der Waals surface area contributed by atoms with Gasteiger partial charge in [0.1, 0.15) is 5.82 Å². The van der Waals surface area contributed by atoms with Gasteiger partial charge in [0, 0.05) is 26.2 Å². The minimum absolute atomic E-state index is 0.154. The third kappa shape index (κ3) is 3.57. The Bertz CT molecular complexity index is 710. The van der Waals surface area contributed by atoms with Crippen molar-refractivity contribution < 1.29 is 4.79 Å². The second-order valence-electron chi connectivity index (χ2n) is 5.37. The molecule has 1 aliphatic heterocycles. The Kier molecular flexibility index (Phi) is 4.39. The number of H-pyrrole nitrogens is 1. The second kappa shape index (κ2) is 6.47. The molecule has 2 aromatic rings. The van der Waals surface area contributed by atoms with Crippen molar-refractivity contribution in [3.05, 3.63) is 28.4 Å². The highest BCUT2D eigenvalue weighted by Crippen LogP contribution is 2.20. The zero-order chi connectivity index (χ0) is 16.4. The third-order valence-electron chi connectivity index (χ3n) is 3.69. The van der Waals surface area contributed by atoms with Crippen LogP contribution in [0, 0.1) is 6.92 Å². The number of aryl methyl sites for hydroxylation is 1. The van der Waals surface area contributed by atoms with E-state index < -0.39 is 5.91 Å². The molecule has 122 valence electrons. The fraction of sp³-hybridized carbons (Fsp3) is 0.462. The molecule has 3 rings (SSSR count). The van der Waals surface area contributed by atoms with Crippen LogP contribution in [0.25, 0.3) is 0 Å². The van der Waals surface area contributed by atoms with Crippen LogP contribution in [0.5, 0.6) is 0 Å². The zero-order valence-corrected chi connectivity index (χ0v) is 13.4. The molecule has 3 heterocycles. The first-order chi connectivity index (χ1) is 11.0. The van der Waals surface area contributed by atoms with Crippen LogP contribution in [0.15, 0.2) is 6.07 Å². The second-order valence-corrected chi connectivity index (χ2v) is 5.76. The number of hydrogen-bond acceptors (Lipinski definition) is 7. The van der Waals surface area contributed by atoms with Crippen molar-refractivity contribution in [2.24, 2.45) is 5.73 Å². The summed E-state index contributed by atoms with van der Waals surface area (Å²) >= 11 is 5.79. The summed E-state index contributed by atoms with van der Waals surface area (Å²) in [7, 11) is 0. The lowest BCUT2D eigenvalue weighted by molar-refractivity contribution is 0.1000. The van der Waals surface area contributed by atoms with Crippen molar-refractivity contribution in [3.63, 3.8) is 0 Å². The molecule has 0 spiro atoms. The third-order valence-corrected chi connectivity index (χ3v) is 3.88. The summed E-state index contributed by atoms with van der Waals surface area (Å²) in [4.78, 5) is 20.1. The maximum atomic E-state index is 11.6. The van der Waals surface area contributed by atoms with E-state index in [1.54, 1.807) is 0 Å². The van der Waals surface area contributed by atoms with Crippen LogP contribution in [-0.4, -0.2) is 62.4 Å². The monoisotopic (exact) mass is 336 g/mol. The molecule has 1 saturated heterocycles. The molecule has 1 aliphatic rings. The normalized spacial score (nSPS) is 15.8. The molecule has 23 heavy (non-hydrogen) atoms. The summed E-state index contributed by atoms with van der Waals surface area (Å²) in [6.07, 6.45) is 0. The largest absolute Gasteiger partial charge is 0.365 e. The van der Waals surface area contributed by atoms with Gasteiger partial charge in [0.15, 0.2) is 16.8 Å². The summed E-state index contributed by atoms with van der Waals surface area (Å²) in [5.74, 6) is 1.51. The maximum absolute atomic E-state index is 11.6. The van der Waals surface area contributed by atoms with E-state index in [0.29, 0.717) is 31.0 Å². The number of aromatic nitrogens is 5. The van der Waals surface area contributed by atoms with Crippen molar-refractivity contribution in [2.45, 2.75) is 13.5 Å². The first kappa shape index (κ1) is 15.6. The van der Waals surface area contributed by atoms with Gasteiger partial charge in [0.05, 0.1) is 12.1 Å². The molecular weight excluding hydrogens is 320 g/mol. The Morgan fingerprint density at radius 3 is 2.70 bits per heavy atom. The van der Waals surface area contributed by atoms with Gasteiger partial charge in [-0.15, -0.1) is 10.2 Å². The van der Waals surface area contributed by atoms with Gasteiger partial charge in [-0.05, 0) is 13.0 Å². The minimum atomic E-state index is -0.560. The number of piperazine rings is 1. The maximum Gasteiger partial charge on any atom is 0.252 e. The first-order valence-corrected chi connectivity index (χ1v) is 7.59. The molecule has 9 nitrogen and oxygen atoms in total. The van der Waals surface area contributed by atoms with E-state index >= 15 is 0 Å². The summed E-state index contributed by atoms with van der Waals surface area (Å²) < 4.78 is 0. The quantitative estimate of drug-likeness (QED) is 0.805. The Morgan fingerprint density at radius 1 is 1.35 bits per heavy atom. The number of rotatable bonds is 4. The number of halogens is 1. The Balaban J connectivity index is 1.66. The molecule has 0 aliphatic carbocycles. The number of carbonyl (C=O) groups excluding carboxylic acids is 1. The molecule has 2 aromatic heterocycles. The molecule has 1 fully saturated rings. The van der Waals surface area contributed by atoms with Crippen LogP contribution in [-0.2, 0) is 6.54 Å². The molecule has 0 saturated carbocycles. The summed E-state index contributed by atoms with van der Waals surface area (Å²) in [6.45, 7) is 5.58. The number of hydrogen-bond donors (Lipinski definition) is 2. The molecule has 0 aromatic carbocycles. The van der Waals surface area contributed by atoms with Gasteiger partial charge in [-0.3, -0.25) is 14.8 Å². The smallest absolute Gasteiger partial charge is 0.252 e. The first-order valence-electron chi connectivity index (χ1n) is 7.21. The van der Waals surface area contributed by atoms with Crippen molar-refractivity contribution in [3.8, 4) is 0 Å². The lowest BCUT2D eigenvalue weighted by Gasteiger charge is -2.35. The standard InChI is InChI=1S/C13H17ClN8O/c1-8-16-11(19-17-8)7-21-2-4-22(5-3-21)13-9(12(15)23)6-10(14)18-20-13/h6H,2-5,7H2,1H3,(H2,15,23)(H,16,17,19). The highest BCUT2D eigenvalue weighted by atomic mass is 35.5. The van der Waals surface area contributed by atoms with Gasteiger partial charge < -0.3 is 10.6 Å². The van der Waals surface area contributed by atoms with Crippen LogP contribution in [0.3, 0.4) is 0 Å². The minimum Gasteiger partial charge on any atom is -0.365 e. The van der Waals surface area contributed by atoms with Crippen LogP contribution in [0.1, 0.15) is 22.0 Å². The van der Waals surface area contributed by atoms with Gasteiger partial charge >= 0.3 is 0 Å². The van der Waals surface area contributed by atoms with E-state index in [4.69, 9.17) is 17.3 Å². The van der Waals surface area contributed by atoms with E-state index in [-0.39, 0.29) is 5.15 Å². The molecule has 0 radical (unpaired) electrons. The Morgan fingerprint density at radius 2 is 2.09 bits per heavy atom. The number of nitrogens with two attached hydrogens (primary N) is 1. The topological polar surface area (TPSA) is 117 Å². The van der Waals surface area contributed by atoms with Gasteiger partial charge in [-0.2, -0.15) is 5.10 Å². The summed E-state index contributed by atoms with van der Waals surface area (Å²) in [6, 6.07) is 1.45. The molecule has 0 bridgehead atoms. The number of carbonyl (C=O) groups is 1. The average Bonchev–Trinajstić information content (AvgIpc) is 2.93. The molecule has 3 N–H and O–H groups in total. The van der Waals surface area contributed by atoms with Crippen molar-refractivity contribution >= 4 is 23.3 Å². The van der Waals surface area contributed by atoms with Gasteiger partial charge in [0.25, 0.3) is 5.91 Å². The number of anilines is 1. The van der Waals surface area contributed by atoms with E-state index in [1.807, 2.05) is 11.8 Å². The SMILES string of the molecule is Cc1nc(CN2CCN(c3nnc(Cl)cc3C(N)=O)CC2)n[nH]1. The molecule has 10 heteroatoms. The number of nitrogens with one attached hydrogen (secondary N) is 1. The van der Waals surface area contributed by atoms with Crippen molar-refractivity contribution in [1.82, 2.24) is 30.3 Å². The number of aromatic amines is 1. The van der Waals surface area contributed by atoms with Crippen molar-refractivity contribution in [1.29, 1.82) is 0 Å². The van der Waals surface area contributed by atoms with Gasteiger partial charge in [0.2, 0.25) is 0 Å². The van der Waals surface area contributed by atoms with Crippen molar-refractivity contribution in [2.75, 3.05) is 31.1 Å². The van der Waals surface area contributed by atoms with Crippen LogP contribution < -0.4 is 10.6 Å². The lowest BCUT2D eigenvalue weighted by atomic mass is 10.2. The molecule has 0 atom stereocenters. The van der Waals surface area contributed by atoms with Gasteiger partial charge in [-0.25, -0.2) is 4.98 Å². The lowest BCUT2D eigenvalue weighted by Crippen LogP contribution is -2.47. The number of primary amides is 1. The highest BCUT2D eigenvalue weighted by Gasteiger charge is 2.23. The fourth-order valence-corrected chi connectivity index (χ4v) is 2.70. The predicted molar refractivity (Wildman–Crippen MR) is 84.2 cm³/mol. The molecule has 0 unspecified atom stereocenters. The molecule has 1 amide bonds. The molecular formula is C13H17ClN8O. The van der Waals surface area contributed by atoms with E-state index in [0.717, 1.165) is 24.7 Å². The average molecular weight is 337 g/mol. The Hall–Kier alpha value is -2.26. The van der Waals surface area contributed by atoms with E-state index in [2.05, 4.69) is 30.3 Å². The van der Waals surface area contributed by atoms with Crippen LogP contribution >= 0.6 is 11.6 Å². The Labute approximate surface area is 137 Å².